The number of hydrogen-bond donors (Lipinski definition) is 0. The van der Waals surface area contributed by atoms with E-state index in [0.717, 1.165) is 82.8 Å². The molecule has 0 aliphatic rings. The maximum Gasteiger partial charge on any atom is 0.164 e. The molecule has 0 amide bonds. The molecule has 234 valence electrons. The fourth-order valence-electron chi connectivity index (χ4n) is 6.93. The maximum atomic E-state index is 6.29. The summed E-state index contributed by atoms with van der Waals surface area (Å²) in [6.45, 7) is 0. The molecule has 3 aromatic heterocycles. The summed E-state index contributed by atoms with van der Waals surface area (Å²) in [4.78, 5) is 15.5. The van der Waals surface area contributed by atoms with Crippen molar-refractivity contribution in [1.29, 1.82) is 0 Å². The van der Waals surface area contributed by atoms with Crippen LogP contribution in [0.5, 0.6) is 0 Å². The first-order chi connectivity index (χ1) is 24.7. The molecule has 10 rings (SSSR count). The van der Waals surface area contributed by atoms with Gasteiger partial charge in [0, 0.05) is 38.2 Å². The minimum atomic E-state index is 0.559. The molecule has 0 unspecified atom stereocenters. The monoisotopic (exact) mass is 641 g/mol. The first kappa shape index (κ1) is 28.2. The summed E-state index contributed by atoms with van der Waals surface area (Å²) in [5.41, 5.74) is 10.2. The molecule has 0 spiro atoms. The van der Waals surface area contributed by atoms with Crippen LogP contribution in [0, 0.1) is 0 Å². The molecule has 0 saturated carbocycles. The van der Waals surface area contributed by atoms with Crippen LogP contribution >= 0.6 is 0 Å². The topological polar surface area (TPSA) is 65.0 Å². The van der Waals surface area contributed by atoms with Crippen LogP contribution in [0.4, 0.5) is 0 Å². The Hall–Kier alpha value is -6.85. The molecule has 0 atom stereocenters. The lowest BCUT2D eigenvalue weighted by molar-refractivity contribution is 0.668. The van der Waals surface area contributed by atoms with Gasteiger partial charge in [-0.3, -0.25) is 0 Å². The lowest BCUT2D eigenvalue weighted by Gasteiger charge is -2.13. The van der Waals surface area contributed by atoms with E-state index in [2.05, 4.69) is 97.1 Å². The van der Waals surface area contributed by atoms with Gasteiger partial charge in [-0.1, -0.05) is 115 Å². The van der Waals surface area contributed by atoms with Crippen molar-refractivity contribution in [2.45, 2.75) is 0 Å². The second-order valence-corrected chi connectivity index (χ2v) is 12.4. The lowest BCUT2D eigenvalue weighted by Crippen LogP contribution is -2.01. The molecule has 0 N–H and O–H groups in total. The Morgan fingerprint density at radius 3 is 1.54 bits per heavy atom. The molecule has 0 bridgehead atoms. The molecule has 7 aromatic carbocycles. The highest BCUT2D eigenvalue weighted by Crippen LogP contribution is 2.38. The van der Waals surface area contributed by atoms with Crippen LogP contribution in [0.3, 0.4) is 0 Å². The van der Waals surface area contributed by atoms with E-state index in [1.807, 2.05) is 66.7 Å². The Kier molecular flexibility index (Phi) is 6.42. The first-order valence-electron chi connectivity index (χ1n) is 16.6. The van der Waals surface area contributed by atoms with E-state index in [1.54, 1.807) is 0 Å². The number of fused-ring (bicyclic) bond motifs is 6. The predicted octanol–water partition coefficient (Wildman–Crippen LogP) is 12.0. The fraction of sp³-hybridized carbons (Fsp3) is 0. The van der Waals surface area contributed by atoms with Crippen LogP contribution in [0.25, 0.3) is 100 Å². The number of rotatable bonds is 5. The van der Waals surface area contributed by atoms with Crippen LogP contribution in [-0.2, 0) is 0 Å². The van der Waals surface area contributed by atoms with Crippen molar-refractivity contribution in [3.05, 3.63) is 164 Å². The highest BCUT2D eigenvalue weighted by atomic mass is 16.3. The highest BCUT2D eigenvalue weighted by molar-refractivity contribution is 6.12. The van der Waals surface area contributed by atoms with Gasteiger partial charge < -0.3 is 8.83 Å². The zero-order valence-corrected chi connectivity index (χ0v) is 26.7. The van der Waals surface area contributed by atoms with E-state index >= 15 is 0 Å². The molecule has 0 fully saturated rings. The molecule has 0 aliphatic heterocycles. The number of benzene rings is 7. The molecule has 0 aliphatic carbocycles. The number of nitrogens with zero attached hydrogens (tertiary/aromatic N) is 3. The lowest BCUT2D eigenvalue weighted by atomic mass is 9.96. The third kappa shape index (κ3) is 4.75. The summed E-state index contributed by atoms with van der Waals surface area (Å²) in [5, 5.41) is 4.12. The SMILES string of the molecule is c1ccc(-c2cc(-c3ccccc3)cc(-c3nc(-c4ccc5c(c4)oc4ccccc45)nc(-c4cccc5oc6ccccc6c45)n3)c2)cc1. The summed E-state index contributed by atoms with van der Waals surface area (Å²) in [5.74, 6) is 1.70. The van der Waals surface area contributed by atoms with Crippen LogP contribution in [0.2, 0.25) is 0 Å². The van der Waals surface area contributed by atoms with Gasteiger partial charge in [0.1, 0.15) is 22.3 Å². The van der Waals surface area contributed by atoms with Gasteiger partial charge in [-0.2, -0.15) is 0 Å². The Bertz CT molecular complexity index is 2810. The number of aromatic nitrogens is 3. The van der Waals surface area contributed by atoms with Gasteiger partial charge >= 0.3 is 0 Å². The zero-order chi connectivity index (χ0) is 33.0. The standard InChI is InChI=1S/C45H27N3O2/c1-3-12-28(13-4-1)31-24-32(29-14-5-2-6-15-29)26-33(25-31)44-46-43(30-22-23-35-34-16-7-9-19-38(34)50-41(35)27-30)47-45(48-44)37-18-11-21-40-42(37)36-17-8-10-20-39(36)49-40/h1-27H. The summed E-state index contributed by atoms with van der Waals surface area (Å²) < 4.78 is 12.6. The van der Waals surface area contributed by atoms with E-state index in [9.17, 15) is 0 Å². The van der Waals surface area contributed by atoms with E-state index < -0.39 is 0 Å². The Morgan fingerprint density at radius 1 is 0.300 bits per heavy atom. The highest BCUT2D eigenvalue weighted by Gasteiger charge is 2.19. The van der Waals surface area contributed by atoms with Gasteiger partial charge in [-0.25, -0.2) is 15.0 Å². The van der Waals surface area contributed by atoms with Crippen LogP contribution in [0.15, 0.2) is 173 Å². The predicted molar refractivity (Wildman–Crippen MR) is 202 cm³/mol. The van der Waals surface area contributed by atoms with E-state index in [1.165, 1.54) is 0 Å². The number of furan rings is 2. The van der Waals surface area contributed by atoms with Gasteiger partial charge in [-0.05, 0) is 70.8 Å². The largest absolute Gasteiger partial charge is 0.456 e. The summed E-state index contributed by atoms with van der Waals surface area (Å²) in [7, 11) is 0. The second-order valence-electron chi connectivity index (χ2n) is 12.4. The van der Waals surface area contributed by atoms with Crippen LogP contribution in [0.1, 0.15) is 0 Å². The van der Waals surface area contributed by atoms with E-state index in [-0.39, 0.29) is 0 Å². The van der Waals surface area contributed by atoms with E-state index in [4.69, 9.17) is 23.8 Å². The van der Waals surface area contributed by atoms with Crippen molar-refractivity contribution in [2.75, 3.05) is 0 Å². The molecule has 0 radical (unpaired) electrons. The van der Waals surface area contributed by atoms with Crippen molar-refractivity contribution in [1.82, 2.24) is 15.0 Å². The molecule has 5 heteroatoms. The minimum Gasteiger partial charge on any atom is -0.456 e. The van der Waals surface area contributed by atoms with Gasteiger partial charge in [0.2, 0.25) is 0 Å². The van der Waals surface area contributed by atoms with Crippen molar-refractivity contribution < 1.29 is 8.83 Å². The number of hydrogen-bond acceptors (Lipinski definition) is 5. The fourth-order valence-corrected chi connectivity index (χ4v) is 6.93. The van der Waals surface area contributed by atoms with Gasteiger partial charge in [0.05, 0.1) is 0 Å². The van der Waals surface area contributed by atoms with Crippen molar-refractivity contribution in [3.63, 3.8) is 0 Å². The normalized spacial score (nSPS) is 11.6. The number of para-hydroxylation sites is 2. The molecular weight excluding hydrogens is 615 g/mol. The smallest absolute Gasteiger partial charge is 0.164 e. The van der Waals surface area contributed by atoms with Crippen molar-refractivity contribution >= 4 is 43.9 Å². The van der Waals surface area contributed by atoms with Crippen LogP contribution < -0.4 is 0 Å². The maximum absolute atomic E-state index is 6.29. The third-order valence-corrected chi connectivity index (χ3v) is 9.32. The van der Waals surface area contributed by atoms with Gasteiger partial charge in [-0.15, -0.1) is 0 Å². The van der Waals surface area contributed by atoms with Gasteiger partial charge in [0.15, 0.2) is 17.5 Å². The molecule has 0 saturated heterocycles. The molecule has 3 heterocycles. The van der Waals surface area contributed by atoms with E-state index in [0.29, 0.717) is 17.5 Å². The van der Waals surface area contributed by atoms with Crippen molar-refractivity contribution in [2.24, 2.45) is 0 Å². The van der Waals surface area contributed by atoms with Crippen LogP contribution in [-0.4, -0.2) is 15.0 Å². The quantitative estimate of drug-likeness (QED) is 0.187. The zero-order valence-electron chi connectivity index (χ0n) is 26.7. The summed E-state index contributed by atoms with van der Waals surface area (Å²) >= 11 is 0. The summed E-state index contributed by atoms with van der Waals surface area (Å²) in [6, 6.07) is 55.8. The minimum absolute atomic E-state index is 0.559. The summed E-state index contributed by atoms with van der Waals surface area (Å²) in [6.07, 6.45) is 0. The first-order valence-corrected chi connectivity index (χ1v) is 16.6. The van der Waals surface area contributed by atoms with Gasteiger partial charge in [0.25, 0.3) is 0 Å². The average Bonchev–Trinajstić information content (AvgIpc) is 3.76. The Morgan fingerprint density at radius 2 is 0.820 bits per heavy atom. The molecule has 10 aromatic rings. The average molecular weight is 642 g/mol. The Balaban J connectivity index is 1.24. The third-order valence-electron chi connectivity index (χ3n) is 9.32. The Labute approximate surface area is 287 Å². The second kappa shape index (κ2) is 11.4. The van der Waals surface area contributed by atoms with Crippen molar-refractivity contribution in [3.8, 4) is 56.4 Å². The molecule has 50 heavy (non-hydrogen) atoms. The molecular formula is C45H27N3O2. The molecule has 5 nitrogen and oxygen atoms in total.